The fraction of sp³-hybridized carbons (Fsp3) is 0.500. The molecule has 7 heteroatoms. The van der Waals surface area contributed by atoms with Crippen molar-refractivity contribution >= 4 is 9.84 Å². The van der Waals surface area contributed by atoms with Crippen LogP contribution in [0.25, 0.3) is 0 Å². The van der Waals surface area contributed by atoms with Crippen LogP contribution in [-0.2, 0) is 14.6 Å². The number of hydrogen-bond acceptors (Lipinski definition) is 6. The fourth-order valence-electron chi connectivity index (χ4n) is 2.66. The van der Waals surface area contributed by atoms with Gasteiger partial charge in [-0.2, -0.15) is 0 Å². The van der Waals surface area contributed by atoms with Gasteiger partial charge in [-0.3, -0.25) is 0 Å². The van der Waals surface area contributed by atoms with E-state index in [1.807, 2.05) is 0 Å². The number of rotatable bonds is 7. The van der Waals surface area contributed by atoms with Crippen molar-refractivity contribution in [1.82, 2.24) is 0 Å². The van der Waals surface area contributed by atoms with Crippen LogP contribution in [0.15, 0.2) is 41.4 Å². The van der Waals surface area contributed by atoms with E-state index >= 15 is 0 Å². The molecule has 1 aromatic carbocycles. The molecule has 1 saturated heterocycles. The molecule has 1 aromatic rings. The molecule has 0 atom stereocenters. The number of aliphatic hydroxyl groups excluding tert-OH is 1. The topological polar surface area (TPSA) is 98.9 Å². The Morgan fingerprint density at radius 3 is 2.43 bits per heavy atom. The second-order valence-corrected chi connectivity index (χ2v) is 7.79. The smallest absolute Gasteiger partial charge is 0.189 e. The van der Waals surface area contributed by atoms with E-state index < -0.39 is 14.6 Å². The Balaban J connectivity index is 2.26. The predicted octanol–water partition coefficient (Wildman–Crippen LogP) is 1.24. The summed E-state index contributed by atoms with van der Waals surface area (Å²) >= 11 is 0. The standard InChI is InChI=1S/C16H23NO5S/c1-13(17)16(7-11-21-12-8-16)23(19,20)15-5-3-14(4-6-15)22-10-2-9-18/h3-6,18H,1-2,7-12,17H2. The summed E-state index contributed by atoms with van der Waals surface area (Å²) in [5.74, 6) is 0.560. The molecule has 128 valence electrons. The third-order valence-electron chi connectivity index (χ3n) is 4.11. The Hall–Kier alpha value is -1.57. The Kier molecular flexibility index (Phi) is 5.67. The number of hydrogen-bond donors (Lipinski definition) is 2. The van der Waals surface area contributed by atoms with Gasteiger partial charge >= 0.3 is 0 Å². The molecule has 2 rings (SSSR count). The maximum absolute atomic E-state index is 13.1. The van der Waals surface area contributed by atoms with Gasteiger partial charge in [-0.05, 0) is 37.1 Å². The maximum atomic E-state index is 13.1. The molecule has 1 fully saturated rings. The van der Waals surface area contributed by atoms with Crippen LogP contribution in [0, 0.1) is 0 Å². The molecule has 0 aromatic heterocycles. The van der Waals surface area contributed by atoms with Crippen LogP contribution in [0.4, 0.5) is 0 Å². The Labute approximate surface area is 136 Å². The largest absolute Gasteiger partial charge is 0.494 e. The molecule has 0 spiro atoms. The Morgan fingerprint density at radius 1 is 1.30 bits per heavy atom. The number of benzene rings is 1. The van der Waals surface area contributed by atoms with Gasteiger partial charge in [0.15, 0.2) is 9.84 Å². The lowest BCUT2D eigenvalue weighted by atomic mass is 9.96. The minimum Gasteiger partial charge on any atom is -0.494 e. The molecule has 1 heterocycles. The lowest BCUT2D eigenvalue weighted by Gasteiger charge is -2.36. The van der Waals surface area contributed by atoms with E-state index in [0.717, 1.165) is 0 Å². The third kappa shape index (κ3) is 3.52. The van der Waals surface area contributed by atoms with E-state index in [0.29, 0.717) is 44.8 Å². The molecular formula is C16H23NO5S. The summed E-state index contributed by atoms with van der Waals surface area (Å²) in [5.41, 5.74) is 6.02. The van der Waals surface area contributed by atoms with Gasteiger partial charge in [-0.1, -0.05) is 6.58 Å². The minimum absolute atomic E-state index is 0.0513. The van der Waals surface area contributed by atoms with Crippen LogP contribution < -0.4 is 10.5 Å². The van der Waals surface area contributed by atoms with Crippen LogP contribution in [0.3, 0.4) is 0 Å². The second kappa shape index (κ2) is 7.33. The summed E-state index contributed by atoms with van der Waals surface area (Å²) in [7, 11) is -3.66. The molecular weight excluding hydrogens is 318 g/mol. The van der Waals surface area contributed by atoms with E-state index in [2.05, 4.69) is 6.58 Å². The minimum atomic E-state index is -3.66. The number of nitrogens with two attached hydrogens (primary N) is 1. The van der Waals surface area contributed by atoms with Crippen molar-refractivity contribution in [3.05, 3.63) is 36.5 Å². The molecule has 0 amide bonds. The molecule has 0 unspecified atom stereocenters. The van der Waals surface area contributed by atoms with Gasteiger partial charge in [0.1, 0.15) is 10.5 Å². The normalized spacial score (nSPS) is 17.6. The fourth-order valence-corrected chi connectivity index (χ4v) is 4.65. The molecule has 1 aliphatic heterocycles. The number of aliphatic hydroxyl groups is 1. The van der Waals surface area contributed by atoms with Gasteiger partial charge in [0, 0.05) is 31.9 Å². The monoisotopic (exact) mass is 341 g/mol. The van der Waals surface area contributed by atoms with Crippen molar-refractivity contribution in [2.45, 2.75) is 28.9 Å². The highest BCUT2D eigenvalue weighted by atomic mass is 32.2. The van der Waals surface area contributed by atoms with Crippen LogP contribution in [0.2, 0.25) is 0 Å². The summed E-state index contributed by atoms with van der Waals surface area (Å²) in [6, 6.07) is 6.25. The first kappa shape index (κ1) is 17.8. The van der Waals surface area contributed by atoms with Crippen LogP contribution in [0.1, 0.15) is 19.3 Å². The molecule has 1 aliphatic rings. The summed E-state index contributed by atoms with van der Waals surface area (Å²) in [5, 5.41) is 8.73. The molecule has 3 N–H and O–H groups in total. The molecule has 0 radical (unpaired) electrons. The van der Waals surface area contributed by atoms with Gasteiger partial charge in [-0.15, -0.1) is 0 Å². The quantitative estimate of drug-likeness (QED) is 0.724. The number of sulfone groups is 1. The van der Waals surface area contributed by atoms with Crippen molar-refractivity contribution in [1.29, 1.82) is 0 Å². The van der Waals surface area contributed by atoms with Crippen molar-refractivity contribution in [2.24, 2.45) is 5.73 Å². The highest BCUT2D eigenvalue weighted by Gasteiger charge is 2.47. The summed E-state index contributed by atoms with van der Waals surface area (Å²) in [6.45, 7) is 4.82. The van der Waals surface area contributed by atoms with E-state index in [1.54, 1.807) is 12.1 Å². The zero-order chi connectivity index (χ0) is 16.9. The van der Waals surface area contributed by atoms with E-state index in [4.69, 9.17) is 20.3 Å². The average Bonchev–Trinajstić information content (AvgIpc) is 2.56. The first-order valence-corrected chi connectivity index (χ1v) is 9.03. The first-order chi connectivity index (χ1) is 10.9. The lowest BCUT2D eigenvalue weighted by Crippen LogP contribution is -2.47. The Morgan fingerprint density at radius 2 is 1.91 bits per heavy atom. The zero-order valence-corrected chi connectivity index (χ0v) is 13.8. The third-order valence-corrected chi connectivity index (χ3v) is 6.70. The van der Waals surface area contributed by atoms with Gasteiger partial charge in [0.25, 0.3) is 0 Å². The van der Waals surface area contributed by atoms with Crippen molar-refractivity contribution in [2.75, 3.05) is 26.4 Å². The number of ether oxygens (including phenoxy) is 2. The van der Waals surface area contributed by atoms with E-state index in [-0.39, 0.29) is 17.2 Å². The first-order valence-electron chi connectivity index (χ1n) is 7.55. The predicted molar refractivity (Wildman–Crippen MR) is 86.9 cm³/mol. The molecule has 23 heavy (non-hydrogen) atoms. The SMILES string of the molecule is C=C(N)C1(S(=O)(=O)c2ccc(OCCCO)cc2)CCOCC1. The highest BCUT2D eigenvalue weighted by molar-refractivity contribution is 7.93. The van der Waals surface area contributed by atoms with Crippen LogP contribution >= 0.6 is 0 Å². The van der Waals surface area contributed by atoms with Gasteiger partial charge < -0.3 is 20.3 Å². The van der Waals surface area contributed by atoms with E-state index in [1.165, 1.54) is 12.1 Å². The Bertz CT molecular complexity index is 633. The molecule has 0 aliphatic carbocycles. The average molecular weight is 341 g/mol. The second-order valence-electron chi connectivity index (χ2n) is 5.53. The zero-order valence-electron chi connectivity index (χ0n) is 13.0. The van der Waals surface area contributed by atoms with Crippen molar-refractivity contribution < 1.29 is 23.0 Å². The van der Waals surface area contributed by atoms with Crippen LogP contribution in [0.5, 0.6) is 5.75 Å². The lowest BCUT2D eigenvalue weighted by molar-refractivity contribution is 0.0823. The van der Waals surface area contributed by atoms with Gasteiger partial charge in [0.05, 0.1) is 11.5 Å². The van der Waals surface area contributed by atoms with Crippen molar-refractivity contribution in [3.63, 3.8) is 0 Å². The highest BCUT2D eigenvalue weighted by Crippen LogP contribution is 2.38. The van der Waals surface area contributed by atoms with Gasteiger partial charge in [-0.25, -0.2) is 8.42 Å². The van der Waals surface area contributed by atoms with Crippen molar-refractivity contribution in [3.8, 4) is 5.75 Å². The molecule has 6 nitrogen and oxygen atoms in total. The van der Waals surface area contributed by atoms with E-state index in [9.17, 15) is 8.42 Å². The summed E-state index contributed by atoms with van der Waals surface area (Å²) < 4.78 is 35.6. The summed E-state index contributed by atoms with van der Waals surface area (Å²) in [6.07, 6.45) is 1.13. The van der Waals surface area contributed by atoms with Crippen LogP contribution in [-0.4, -0.2) is 44.7 Å². The maximum Gasteiger partial charge on any atom is 0.189 e. The molecule has 0 saturated carbocycles. The van der Waals surface area contributed by atoms with Gasteiger partial charge in [0.2, 0.25) is 0 Å². The molecule has 0 bridgehead atoms. The summed E-state index contributed by atoms with van der Waals surface area (Å²) in [4.78, 5) is 0.195.